The number of rotatable bonds is 3. The van der Waals surface area contributed by atoms with Crippen molar-refractivity contribution in [3.8, 4) is 5.75 Å². The highest BCUT2D eigenvalue weighted by molar-refractivity contribution is 5.60. The van der Waals surface area contributed by atoms with Crippen LogP contribution in [0.1, 0.15) is 34.1 Å². The second-order valence-corrected chi connectivity index (χ2v) is 5.73. The zero-order valence-electron chi connectivity index (χ0n) is 12.5. The van der Waals surface area contributed by atoms with E-state index in [4.69, 9.17) is 4.74 Å². The van der Waals surface area contributed by atoms with Gasteiger partial charge in [0.15, 0.2) is 0 Å². The lowest BCUT2D eigenvalue weighted by Gasteiger charge is -2.35. The summed E-state index contributed by atoms with van der Waals surface area (Å²) >= 11 is 0. The Kier molecular flexibility index (Phi) is 4.70. The number of hydrogen-bond acceptors (Lipinski definition) is 3. The summed E-state index contributed by atoms with van der Waals surface area (Å²) in [4.78, 5) is 2.50. The molecule has 2 atom stereocenters. The molecule has 1 heterocycles. The van der Waals surface area contributed by atoms with Crippen LogP contribution in [-0.4, -0.2) is 31.3 Å². The normalized spacial score (nSPS) is 24.4. The van der Waals surface area contributed by atoms with Crippen molar-refractivity contribution >= 4 is 5.69 Å². The maximum Gasteiger partial charge on any atom is 0.142 e. The van der Waals surface area contributed by atoms with E-state index in [1.54, 1.807) is 0 Å². The molecule has 3 heteroatoms. The summed E-state index contributed by atoms with van der Waals surface area (Å²) in [6.07, 6.45) is 1.37. The SMILES string of the molecule is CC(C)Oc1ccccc1N1C(C)CCNCC1C. The van der Waals surface area contributed by atoms with E-state index in [1.807, 2.05) is 6.07 Å². The van der Waals surface area contributed by atoms with Crippen molar-refractivity contribution in [2.24, 2.45) is 0 Å². The lowest BCUT2D eigenvalue weighted by Crippen LogP contribution is -2.42. The van der Waals surface area contributed by atoms with E-state index in [9.17, 15) is 0 Å². The highest BCUT2D eigenvalue weighted by atomic mass is 16.5. The van der Waals surface area contributed by atoms with Gasteiger partial charge in [-0.25, -0.2) is 0 Å². The van der Waals surface area contributed by atoms with Crippen molar-refractivity contribution in [1.29, 1.82) is 0 Å². The first kappa shape index (κ1) is 14.2. The highest BCUT2D eigenvalue weighted by Crippen LogP contribution is 2.33. The minimum Gasteiger partial charge on any atom is -0.489 e. The van der Waals surface area contributed by atoms with Crippen LogP contribution in [0.25, 0.3) is 0 Å². The Hall–Kier alpha value is -1.22. The lowest BCUT2D eigenvalue weighted by molar-refractivity contribution is 0.242. The zero-order chi connectivity index (χ0) is 13.8. The van der Waals surface area contributed by atoms with Gasteiger partial charge in [0.05, 0.1) is 11.8 Å². The highest BCUT2D eigenvalue weighted by Gasteiger charge is 2.25. The number of ether oxygens (including phenoxy) is 1. The fourth-order valence-corrected chi connectivity index (χ4v) is 2.79. The van der Waals surface area contributed by atoms with E-state index >= 15 is 0 Å². The molecule has 1 aromatic rings. The molecule has 0 spiro atoms. The van der Waals surface area contributed by atoms with Gasteiger partial charge in [0, 0.05) is 18.6 Å². The van der Waals surface area contributed by atoms with Crippen LogP contribution in [0, 0.1) is 0 Å². The van der Waals surface area contributed by atoms with Gasteiger partial charge in [-0.2, -0.15) is 0 Å². The van der Waals surface area contributed by atoms with Crippen LogP contribution >= 0.6 is 0 Å². The number of benzene rings is 1. The molecule has 1 N–H and O–H groups in total. The first-order chi connectivity index (χ1) is 9.09. The molecule has 106 valence electrons. The predicted octanol–water partition coefficient (Wildman–Crippen LogP) is 3.05. The van der Waals surface area contributed by atoms with Crippen LogP contribution in [0.2, 0.25) is 0 Å². The van der Waals surface area contributed by atoms with Crippen molar-refractivity contribution < 1.29 is 4.74 Å². The Morgan fingerprint density at radius 3 is 2.68 bits per heavy atom. The number of hydrogen-bond donors (Lipinski definition) is 1. The first-order valence-corrected chi connectivity index (χ1v) is 7.34. The average Bonchev–Trinajstić information content (AvgIpc) is 2.51. The summed E-state index contributed by atoms with van der Waals surface area (Å²) in [5.74, 6) is 0.998. The number of nitrogens with zero attached hydrogens (tertiary/aromatic N) is 1. The molecule has 1 fully saturated rings. The van der Waals surface area contributed by atoms with Gasteiger partial charge in [-0.05, 0) is 52.8 Å². The Bertz CT molecular complexity index is 393. The maximum atomic E-state index is 5.97. The van der Waals surface area contributed by atoms with Crippen LogP contribution in [-0.2, 0) is 0 Å². The summed E-state index contributed by atoms with van der Waals surface area (Å²) < 4.78 is 5.97. The van der Waals surface area contributed by atoms with E-state index < -0.39 is 0 Å². The average molecular weight is 262 g/mol. The fraction of sp³-hybridized carbons (Fsp3) is 0.625. The van der Waals surface area contributed by atoms with Crippen molar-refractivity contribution in [1.82, 2.24) is 5.32 Å². The quantitative estimate of drug-likeness (QED) is 0.906. The molecular weight excluding hydrogens is 236 g/mol. The molecule has 1 aliphatic rings. The minimum absolute atomic E-state index is 0.205. The third-order valence-corrected chi connectivity index (χ3v) is 3.63. The Morgan fingerprint density at radius 2 is 1.95 bits per heavy atom. The van der Waals surface area contributed by atoms with Crippen LogP contribution in [0.4, 0.5) is 5.69 Å². The van der Waals surface area contributed by atoms with Crippen LogP contribution in [0.15, 0.2) is 24.3 Å². The molecule has 19 heavy (non-hydrogen) atoms. The van der Waals surface area contributed by atoms with Crippen molar-refractivity contribution in [3.63, 3.8) is 0 Å². The number of nitrogens with one attached hydrogen (secondary N) is 1. The molecule has 0 saturated carbocycles. The smallest absolute Gasteiger partial charge is 0.142 e. The fourth-order valence-electron chi connectivity index (χ4n) is 2.79. The van der Waals surface area contributed by atoms with Gasteiger partial charge in [0.2, 0.25) is 0 Å². The molecule has 1 aromatic carbocycles. The molecule has 0 radical (unpaired) electrons. The maximum absolute atomic E-state index is 5.97. The third-order valence-electron chi connectivity index (χ3n) is 3.63. The van der Waals surface area contributed by atoms with Crippen molar-refractivity contribution in [2.75, 3.05) is 18.0 Å². The first-order valence-electron chi connectivity index (χ1n) is 7.34. The van der Waals surface area contributed by atoms with E-state index in [1.165, 1.54) is 12.1 Å². The summed E-state index contributed by atoms with van der Waals surface area (Å²) in [5.41, 5.74) is 1.22. The van der Waals surface area contributed by atoms with Crippen LogP contribution in [0.5, 0.6) is 5.75 Å². The number of anilines is 1. The second-order valence-electron chi connectivity index (χ2n) is 5.73. The van der Waals surface area contributed by atoms with Gasteiger partial charge in [-0.15, -0.1) is 0 Å². The molecule has 2 unspecified atom stereocenters. The topological polar surface area (TPSA) is 24.5 Å². The van der Waals surface area contributed by atoms with Gasteiger partial charge < -0.3 is 15.0 Å². The van der Waals surface area contributed by atoms with Gasteiger partial charge >= 0.3 is 0 Å². The summed E-state index contributed by atoms with van der Waals surface area (Å²) in [6, 6.07) is 9.41. The summed E-state index contributed by atoms with van der Waals surface area (Å²) in [6.45, 7) is 10.9. The van der Waals surface area contributed by atoms with Gasteiger partial charge in [0.1, 0.15) is 5.75 Å². The molecule has 2 rings (SSSR count). The summed E-state index contributed by atoms with van der Waals surface area (Å²) in [7, 11) is 0. The van der Waals surface area contributed by atoms with Crippen LogP contribution in [0.3, 0.4) is 0 Å². The minimum atomic E-state index is 0.205. The largest absolute Gasteiger partial charge is 0.489 e. The van der Waals surface area contributed by atoms with E-state index in [2.05, 4.69) is 56.1 Å². The second kappa shape index (κ2) is 6.29. The Balaban J connectivity index is 2.32. The van der Waals surface area contributed by atoms with E-state index in [0.29, 0.717) is 12.1 Å². The molecule has 0 aromatic heterocycles. The Morgan fingerprint density at radius 1 is 1.21 bits per heavy atom. The van der Waals surface area contributed by atoms with Gasteiger partial charge in [-0.1, -0.05) is 12.1 Å². The molecule has 0 aliphatic carbocycles. The van der Waals surface area contributed by atoms with E-state index in [0.717, 1.165) is 18.8 Å². The zero-order valence-corrected chi connectivity index (χ0v) is 12.5. The van der Waals surface area contributed by atoms with Gasteiger partial charge in [-0.3, -0.25) is 0 Å². The Labute approximate surface area is 116 Å². The monoisotopic (exact) mass is 262 g/mol. The predicted molar refractivity (Wildman–Crippen MR) is 81.1 cm³/mol. The number of para-hydroxylation sites is 2. The van der Waals surface area contributed by atoms with Crippen LogP contribution < -0.4 is 15.0 Å². The van der Waals surface area contributed by atoms with Crippen molar-refractivity contribution in [2.45, 2.75) is 52.3 Å². The molecule has 0 amide bonds. The molecule has 3 nitrogen and oxygen atoms in total. The molecule has 1 aliphatic heterocycles. The standard InChI is InChI=1S/C16H26N2O/c1-12(2)19-16-8-6-5-7-15(16)18-13(3)9-10-17-11-14(18)4/h5-8,12-14,17H,9-11H2,1-4H3. The third kappa shape index (κ3) is 3.41. The van der Waals surface area contributed by atoms with Crippen molar-refractivity contribution in [3.05, 3.63) is 24.3 Å². The lowest BCUT2D eigenvalue weighted by atomic mass is 10.1. The molecule has 1 saturated heterocycles. The van der Waals surface area contributed by atoms with Gasteiger partial charge in [0.25, 0.3) is 0 Å². The molecular formula is C16H26N2O. The summed E-state index contributed by atoms with van der Waals surface area (Å²) in [5, 5.41) is 3.50. The molecule has 0 bridgehead atoms. The van der Waals surface area contributed by atoms with E-state index in [-0.39, 0.29) is 6.10 Å².